The molecule has 2 amide bonds. The normalized spacial score (nSPS) is 13.9. The zero-order valence-corrected chi connectivity index (χ0v) is 12.5. The fourth-order valence-corrected chi connectivity index (χ4v) is 1.67. The average Bonchev–Trinajstić information content (AvgIpc) is 2.08. The highest BCUT2D eigenvalue weighted by atomic mass is 16.4. The van der Waals surface area contributed by atoms with Crippen molar-refractivity contribution >= 4 is 12.0 Å². The first-order valence-electron chi connectivity index (χ1n) is 6.09. The third kappa shape index (κ3) is 5.89. The van der Waals surface area contributed by atoms with Gasteiger partial charge in [-0.05, 0) is 10.8 Å². The third-order valence-electron chi connectivity index (χ3n) is 2.44. The van der Waals surface area contributed by atoms with Crippen molar-refractivity contribution in [1.29, 1.82) is 0 Å². The van der Waals surface area contributed by atoms with Crippen molar-refractivity contribution < 1.29 is 14.7 Å². The summed E-state index contributed by atoms with van der Waals surface area (Å²) in [5.74, 6) is -1.01. The van der Waals surface area contributed by atoms with Gasteiger partial charge in [-0.15, -0.1) is 0 Å². The number of carbonyl (C=O) groups excluding carboxylic acids is 1. The number of aliphatic carboxylic acids is 1. The zero-order valence-electron chi connectivity index (χ0n) is 12.5. The maximum atomic E-state index is 11.9. The molecule has 0 aromatic carbocycles. The lowest BCUT2D eigenvalue weighted by Crippen LogP contribution is -2.53. The van der Waals surface area contributed by atoms with Gasteiger partial charge in [-0.25, -0.2) is 9.59 Å². The first kappa shape index (κ1) is 16.7. The molecule has 0 heterocycles. The minimum atomic E-state index is -1.01. The van der Waals surface area contributed by atoms with Crippen LogP contribution in [0, 0.1) is 10.8 Å². The van der Waals surface area contributed by atoms with Crippen molar-refractivity contribution in [3.05, 3.63) is 0 Å². The lowest BCUT2D eigenvalue weighted by molar-refractivity contribution is -0.142. The molecule has 0 spiro atoms. The maximum Gasteiger partial charge on any atom is 0.326 e. The smallest absolute Gasteiger partial charge is 0.326 e. The Morgan fingerprint density at radius 2 is 1.61 bits per heavy atom. The van der Waals surface area contributed by atoms with Crippen LogP contribution in [0.15, 0.2) is 0 Å². The van der Waals surface area contributed by atoms with Crippen LogP contribution in [-0.4, -0.2) is 41.6 Å². The van der Waals surface area contributed by atoms with Crippen LogP contribution in [0.5, 0.6) is 0 Å². The zero-order chi connectivity index (χ0) is 14.7. The largest absolute Gasteiger partial charge is 0.480 e. The molecule has 0 rings (SSSR count). The van der Waals surface area contributed by atoms with Gasteiger partial charge in [0.05, 0.1) is 0 Å². The molecule has 0 aromatic heterocycles. The van der Waals surface area contributed by atoms with Gasteiger partial charge in [0.1, 0.15) is 6.04 Å². The van der Waals surface area contributed by atoms with Crippen molar-refractivity contribution in [2.75, 3.05) is 13.6 Å². The van der Waals surface area contributed by atoms with Crippen molar-refractivity contribution in [2.45, 2.75) is 47.6 Å². The first-order chi connectivity index (χ1) is 7.84. The Hall–Kier alpha value is -1.26. The highest BCUT2D eigenvalue weighted by Crippen LogP contribution is 2.20. The van der Waals surface area contributed by atoms with Gasteiger partial charge in [-0.3, -0.25) is 0 Å². The Morgan fingerprint density at radius 3 is 1.89 bits per heavy atom. The van der Waals surface area contributed by atoms with Gasteiger partial charge in [0.25, 0.3) is 0 Å². The van der Waals surface area contributed by atoms with E-state index in [1.165, 1.54) is 4.90 Å². The molecule has 0 unspecified atom stereocenters. The van der Waals surface area contributed by atoms with Gasteiger partial charge >= 0.3 is 12.0 Å². The van der Waals surface area contributed by atoms with Crippen LogP contribution in [0.3, 0.4) is 0 Å². The third-order valence-corrected chi connectivity index (χ3v) is 2.44. The molecule has 18 heavy (non-hydrogen) atoms. The van der Waals surface area contributed by atoms with E-state index >= 15 is 0 Å². The molecule has 5 heteroatoms. The number of amides is 2. The highest BCUT2D eigenvalue weighted by molar-refractivity contribution is 5.83. The maximum absolute atomic E-state index is 11.9. The molecule has 0 aromatic rings. The molecule has 0 aliphatic rings. The van der Waals surface area contributed by atoms with Crippen LogP contribution < -0.4 is 5.32 Å². The standard InChI is InChI=1S/C13H26N2O3/c1-12(2,3)8-15(7)11(18)14-9(10(16)17)13(4,5)6/h9H,8H2,1-7H3,(H,14,18)(H,16,17)/t9-/m1/s1. The summed E-state index contributed by atoms with van der Waals surface area (Å²) in [6.45, 7) is 12.0. The molecule has 0 aliphatic carbocycles. The number of carbonyl (C=O) groups is 2. The summed E-state index contributed by atoms with van der Waals surface area (Å²) in [6.07, 6.45) is 0. The Bertz CT molecular complexity index is 313. The average molecular weight is 258 g/mol. The van der Waals surface area contributed by atoms with Crippen LogP contribution in [0.1, 0.15) is 41.5 Å². The lowest BCUT2D eigenvalue weighted by Gasteiger charge is -2.32. The molecular formula is C13H26N2O3. The second kappa shape index (κ2) is 5.59. The molecule has 0 bridgehead atoms. The highest BCUT2D eigenvalue weighted by Gasteiger charge is 2.33. The van der Waals surface area contributed by atoms with Crippen LogP contribution in [0.2, 0.25) is 0 Å². The van der Waals surface area contributed by atoms with Gasteiger partial charge in [0.15, 0.2) is 0 Å². The summed E-state index contributed by atoms with van der Waals surface area (Å²) in [7, 11) is 1.67. The number of hydrogen-bond acceptors (Lipinski definition) is 2. The summed E-state index contributed by atoms with van der Waals surface area (Å²) >= 11 is 0. The molecule has 5 nitrogen and oxygen atoms in total. The fraction of sp³-hybridized carbons (Fsp3) is 0.846. The SMILES string of the molecule is CN(CC(C)(C)C)C(=O)N[C@H](C(=O)O)C(C)(C)C. The van der Waals surface area contributed by atoms with E-state index in [0.29, 0.717) is 6.54 Å². The van der Waals surface area contributed by atoms with Crippen molar-refractivity contribution in [3.63, 3.8) is 0 Å². The number of hydrogen-bond donors (Lipinski definition) is 2. The topological polar surface area (TPSA) is 69.6 Å². The molecule has 0 radical (unpaired) electrons. The lowest BCUT2D eigenvalue weighted by atomic mass is 9.87. The van der Waals surface area contributed by atoms with E-state index in [0.717, 1.165) is 0 Å². The Labute approximate surface area is 110 Å². The van der Waals surface area contributed by atoms with Gasteiger partial charge in [0.2, 0.25) is 0 Å². The van der Waals surface area contributed by atoms with Crippen molar-refractivity contribution in [2.24, 2.45) is 10.8 Å². The van der Waals surface area contributed by atoms with Crippen molar-refractivity contribution in [1.82, 2.24) is 10.2 Å². The van der Waals surface area contributed by atoms with Crippen LogP contribution >= 0.6 is 0 Å². The fourth-order valence-electron chi connectivity index (χ4n) is 1.67. The Morgan fingerprint density at radius 1 is 1.17 bits per heavy atom. The number of carboxylic acid groups (broad SMARTS) is 1. The summed E-state index contributed by atoms with van der Waals surface area (Å²) in [6, 6.07) is -1.25. The van der Waals surface area contributed by atoms with Gasteiger partial charge in [-0.2, -0.15) is 0 Å². The van der Waals surface area contributed by atoms with Crippen molar-refractivity contribution in [3.8, 4) is 0 Å². The van der Waals surface area contributed by atoms with Gasteiger partial charge < -0.3 is 15.3 Å². The number of urea groups is 1. The van der Waals surface area contributed by atoms with E-state index in [4.69, 9.17) is 5.11 Å². The predicted molar refractivity (Wildman–Crippen MR) is 71.5 cm³/mol. The minimum Gasteiger partial charge on any atom is -0.480 e. The number of carboxylic acids is 1. The Balaban J connectivity index is 4.67. The molecule has 106 valence electrons. The van der Waals surface area contributed by atoms with E-state index in [1.54, 1.807) is 27.8 Å². The molecule has 0 saturated heterocycles. The summed E-state index contributed by atoms with van der Waals surface area (Å²) in [5.41, 5.74) is -0.545. The molecule has 2 N–H and O–H groups in total. The molecule has 1 atom stereocenters. The Kier molecular flexibility index (Phi) is 5.20. The summed E-state index contributed by atoms with van der Waals surface area (Å²) in [5, 5.41) is 11.7. The van der Waals surface area contributed by atoms with E-state index < -0.39 is 17.4 Å². The monoisotopic (exact) mass is 258 g/mol. The molecule has 0 saturated carbocycles. The van der Waals surface area contributed by atoms with Gasteiger partial charge in [0, 0.05) is 13.6 Å². The minimum absolute atomic E-state index is 0.0213. The number of rotatable bonds is 3. The number of nitrogens with one attached hydrogen (secondary N) is 1. The van der Waals surface area contributed by atoms with Gasteiger partial charge in [-0.1, -0.05) is 41.5 Å². The quantitative estimate of drug-likeness (QED) is 0.815. The second-order valence-electron chi connectivity index (χ2n) is 7.00. The summed E-state index contributed by atoms with van der Waals surface area (Å²) in [4.78, 5) is 24.6. The molecule has 0 aliphatic heterocycles. The number of nitrogens with zero attached hydrogens (tertiary/aromatic N) is 1. The molecular weight excluding hydrogens is 232 g/mol. The van der Waals surface area contributed by atoms with E-state index in [-0.39, 0.29) is 11.4 Å². The van der Waals surface area contributed by atoms with E-state index in [9.17, 15) is 9.59 Å². The molecule has 0 fully saturated rings. The van der Waals surface area contributed by atoms with Crippen LogP contribution in [-0.2, 0) is 4.79 Å². The summed E-state index contributed by atoms with van der Waals surface area (Å²) < 4.78 is 0. The van der Waals surface area contributed by atoms with E-state index in [1.807, 2.05) is 20.8 Å². The second-order valence-corrected chi connectivity index (χ2v) is 7.00. The van der Waals surface area contributed by atoms with Crippen LogP contribution in [0.25, 0.3) is 0 Å². The first-order valence-corrected chi connectivity index (χ1v) is 6.09. The van der Waals surface area contributed by atoms with Crippen LogP contribution in [0.4, 0.5) is 4.79 Å². The van der Waals surface area contributed by atoms with E-state index in [2.05, 4.69) is 5.32 Å². The predicted octanol–water partition coefficient (Wildman–Crippen LogP) is 2.17.